The third-order valence-corrected chi connectivity index (χ3v) is 2.35. The lowest BCUT2D eigenvalue weighted by molar-refractivity contribution is -0.190. The Hall–Kier alpha value is -1.24. The summed E-state index contributed by atoms with van der Waals surface area (Å²) >= 11 is 11.5. The Balaban J connectivity index is 2.50. The predicted octanol–water partition coefficient (Wildman–Crippen LogP) is 3.62. The molecular formula is C11H8Cl2F3NO2. The molecule has 0 aliphatic rings. The molecule has 1 aromatic rings. The van der Waals surface area contributed by atoms with Crippen molar-refractivity contribution in [1.29, 1.82) is 0 Å². The maximum atomic E-state index is 11.7. The van der Waals surface area contributed by atoms with Gasteiger partial charge in [0.15, 0.2) is 6.61 Å². The second-order valence-electron chi connectivity index (χ2n) is 3.37. The van der Waals surface area contributed by atoms with Gasteiger partial charge in [0.1, 0.15) is 0 Å². The minimum atomic E-state index is -4.50. The van der Waals surface area contributed by atoms with Crippen LogP contribution in [0.2, 0.25) is 10.0 Å². The Bertz CT molecular complexity index is 489. The summed E-state index contributed by atoms with van der Waals surface area (Å²) in [5, 5.41) is 0.743. The van der Waals surface area contributed by atoms with E-state index in [1.165, 1.54) is 12.1 Å². The highest BCUT2D eigenvalue weighted by Crippen LogP contribution is 2.21. The van der Waals surface area contributed by atoms with Crippen molar-refractivity contribution in [2.75, 3.05) is 6.61 Å². The maximum Gasteiger partial charge on any atom is 0.414 e. The average molecular weight is 314 g/mol. The number of benzene rings is 1. The first-order valence-corrected chi connectivity index (χ1v) is 5.65. The van der Waals surface area contributed by atoms with Crippen molar-refractivity contribution >= 4 is 35.2 Å². The third-order valence-electron chi connectivity index (χ3n) is 1.79. The largest absolute Gasteiger partial charge is 0.414 e. The monoisotopic (exact) mass is 313 g/mol. The van der Waals surface area contributed by atoms with Crippen LogP contribution < -0.4 is 5.48 Å². The lowest BCUT2D eigenvalue weighted by Gasteiger charge is -2.06. The smallest absolute Gasteiger partial charge is 0.268 e. The highest BCUT2D eigenvalue weighted by molar-refractivity contribution is 6.35. The molecular weight excluding hydrogens is 306 g/mol. The topological polar surface area (TPSA) is 38.3 Å². The van der Waals surface area contributed by atoms with E-state index in [1.807, 2.05) is 0 Å². The van der Waals surface area contributed by atoms with Crippen LogP contribution in [0.4, 0.5) is 13.2 Å². The van der Waals surface area contributed by atoms with E-state index in [9.17, 15) is 18.0 Å². The number of carbonyl (C=O) groups is 1. The first-order valence-electron chi connectivity index (χ1n) is 4.89. The number of halogens is 5. The SMILES string of the molecule is O=C(/C=C/c1ccc(Cl)cc1Cl)NOCC(F)(F)F. The number of hydrogen-bond acceptors (Lipinski definition) is 2. The van der Waals surface area contributed by atoms with E-state index in [2.05, 4.69) is 4.84 Å². The first-order chi connectivity index (χ1) is 8.78. The molecule has 0 bridgehead atoms. The molecule has 0 saturated carbocycles. The van der Waals surface area contributed by atoms with Crippen molar-refractivity contribution in [3.8, 4) is 0 Å². The minimum Gasteiger partial charge on any atom is -0.268 e. The van der Waals surface area contributed by atoms with Gasteiger partial charge >= 0.3 is 6.18 Å². The van der Waals surface area contributed by atoms with E-state index in [4.69, 9.17) is 23.2 Å². The summed E-state index contributed by atoms with van der Waals surface area (Å²) in [5.74, 6) is -0.838. The molecule has 0 radical (unpaired) electrons. The maximum absolute atomic E-state index is 11.7. The molecule has 0 heterocycles. The van der Waals surface area contributed by atoms with Gasteiger partial charge in [-0.1, -0.05) is 29.3 Å². The number of hydroxylamine groups is 1. The van der Waals surface area contributed by atoms with Crippen molar-refractivity contribution in [2.45, 2.75) is 6.18 Å². The summed E-state index contributed by atoms with van der Waals surface area (Å²) in [4.78, 5) is 15.1. The van der Waals surface area contributed by atoms with Crippen LogP contribution in [0.15, 0.2) is 24.3 Å². The fourth-order valence-corrected chi connectivity index (χ4v) is 1.50. The summed E-state index contributed by atoms with van der Waals surface area (Å²) in [7, 11) is 0. The molecule has 19 heavy (non-hydrogen) atoms. The van der Waals surface area contributed by atoms with Gasteiger partial charge in [0.25, 0.3) is 5.91 Å². The van der Waals surface area contributed by atoms with Gasteiger partial charge < -0.3 is 0 Å². The summed E-state index contributed by atoms with van der Waals surface area (Å²) in [5.41, 5.74) is 2.12. The van der Waals surface area contributed by atoms with Gasteiger partial charge in [-0.2, -0.15) is 13.2 Å². The number of rotatable bonds is 4. The normalized spacial score (nSPS) is 11.8. The molecule has 3 nitrogen and oxygen atoms in total. The van der Waals surface area contributed by atoms with Crippen LogP contribution in [0, 0.1) is 0 Å². The van der Waals surface area contributed by atoms with Crippen molar-refractivity contribution in [3.63, 3.8) is 0 Å². The van der Waals surface area contributed by atoms with Gasteiger partial charge in [-0.25, -0.2) is 5.48 Å². The van der Waals surface area contributed by atoms with Gasteiger partial charge in [0.2, 0.25) is 0 Å². The van der Waals surface area contributed by atoms with E-state index in [-0.39, 0.29) is 0 Å². The zero-order chi connectivity index (χ0) is 14.5. The fraction of sp³-hybridized carbons (Fsp3) is 0.182. The Morgan fingerprint density at radius 1 is 1.37 bits per heavy atom. The standard InChI is InChI=1S/C11H8Cl2F3NO2/c12-8-3-1-7(9(13)5-8)2-4-10(18)17-19-6-11(14,15)16/h1-5H,6H2,(H,17,18)/b4-2+. The lowest BCUT2D eigenvalue weighted by atomic mass is 10.2. The molecule has 0 spiro atoms. The molecule has 0 atom stereocenters. The quantitative estimate of drug-likeness (QED) is 0.681. The van der Waals surface area contributed by atoms with Crippen LogP contribution in [0.3, 0.4) is 0 Å². The second kappa shape index (κ2) is 6.79. The Kier molecular flexibility index (Phi) is 5.65. The highest BCUT2D eigenvalue weighted by atomic mass is 35.5. The number of amides is 1. The van der Waals surface area contributed by atoms with Gasteiger partial charge in [0, 0.05) is 16.1 Å². The van der Waals surface area contributed by atoms with Crippen LogP contribution in [0.25, 0.3) is 6.08 Å². The molecule has 8 heteroatoms. The zero-order valence-electron chi connectivity index (χ0n) is 9.30. The van der Waals surface area contributed by atoms with Crippen molar-refractivity contribution in [1.82, 2.24) is 5.48 Å². The average Bonchev–Trinajstić information content (AvgIpc) is 2.26. The number of nitrogens with one attached hydrogen (secondary N) is 1. The van der Waals surface area contributed by atoms with E-state index < -0.39 is 18.7 Å². The molecule has 1 aromatic carbocycles. The molecule has 0 aromatic heterocycles. The molecule has 104 valence electrons. The van der Waals surface area contributed by atoms with Gasteiger partial charge in [-0.15, -0.1) is 0 Å². The van der Waals surface area contributed by atoms with E-state index in [0.717, 1.165) is 6.08 Å². The van der Waals surface area contributed by atoms with Crippen LogP contribution in [-0.2, 0) is 9.63 Å². The van der Waals surface area contributed by atoms with Crippen molar-refractivity contribution in [2.24, 2.45) is 0 Å². The van der Waals surface area contributed by atoms with E-state index in [1.54, 1.807) is 17.6 Å². The molecule has 1 rings (SSSR count). The summed E-state index contributed by atoms with van der Waals surface area (Å²) in [6, 6.07) is 4.59. The number of hydrogen-bond donors (Lipinski definition) is 1. The van der Waals surface area contributed by atoms with Crippen LogP contribution in [0.1, 0.15) is 5.56 Å². The highest BCUT2D eigenvalue weighted by Gasteiger charge is 2.28. The lowest BCUT2D eigenvalue weighted by Crippen LogP contribution is -2.28. The number of carbonyl (C=O) groups excluding carboxylic acids is 1. The molecule has 0 aliphatic heterocycles. The van der Waals surface area contributed by atoms with Crippen LogP contribution in [0.5, 0.6) is 0 Å². The van der Waals surface area contributed by atoms with Gasteiger partial charge in [-0.05, 0) is 23.8 Å². The van der Waals surface area contributed by atoms with Crippen molar-refractivity contribution in [3.05, 3.63) is 39.9 Å². The van der Waals surface area contributed by atoms with Crippen LogP contribution in [-0.4, -0.2) is 18.7 Å². The fourth-order valence-electron chi connectivity index (χ4n) is 1.03. The van der Waals surface area contributed by atoms with Crippen LogP contribution >= 0.6 is 23.2 Å². The van der Waals surface area contributed by atoms with Gasteiger partial charge in [0.05, 0.1) is 0 Å². The van der Waals surface area contributed by atoms with E-state index in [0.29, 0.717) is 15.6 Å². The van der Waals surface area contributed by atoms with E-state index >= 15 is 0 Å². The molecule has 0 unspecified atom stereocenters. The Morgan fingerprint density at radius 2 is 2.05 bits per heavy atom. The molecule has 1 amide bonds. The summed E-state index contributed by atoms with van der Waals surface area (Å²) in [6.07, 6.45) is -2.19. The molecule has 0 saturated heterocycles. The minimum absolute atomic E-state index is 0.313. The molecule has 0 fully saturated rings. The Morgan fingerprint density at radius 3 is 2.63 bits per heavy atom. The Labute approximate surface area is 116 Å². The number of alkyl halides is 3. The predicted molar refractivity (Wildman–Crippen MR) is 65.6 cm³/mol. The van der Waals surface area contributed by atoms with Gasteiger partial charge in [-0.3, -0.25) is 9.63 Å². The third kappa shape index (κ3) is 6.47. The zero-order valence-corrected chi connectivity index (χ0v) is 10.8. The molecule has 1 N–H and O–H groups in total. The first kappa shape index (κ1) is 15.8. The second-order valence-corrected chi connectivity index (χ2v) is 4.21. The molecule has 0 aliphatic carbocycles. The summed E-state index contributed by atoms with van der Waals surface area (Å²) in [6.45, 7) is -1.56. The summed E-state index contributed by atoms with van der Waals surface area (Å²) < 4.78 is 35.2. The van der Waals surface area contributed by atoms with Crippen molar-refractivity contribution < 1.29 is 22.8 Å².